The summed E-state index contributed by atoms with van der Waals surface area (Å²) in [6.07, 6.45) is 5.20. The molecule has 76 valence electrons. The summed E-state index contributed by atoms with van der Waals surface area (Å²) in [5.41, 5.74) is 1.93. The molecule has 4 nitrogen and oxygen atoms in total. The zero-order valence-electron chi connectivity index (χ0n) is 8.29. The van der Waals surface area contributed by atoms with E-state index in [1.165, 1.54) is 0 Å². The summed E-state index contributed by atoms with van der Waals surface area (Å²) in [6, 6.07) is 8.16. The highest BCUT2D eigenvalue weighted by Crippen LogP contribution is 2.28. The van der Waals surface area contributed by atoms with Crippen LogP contribution < -0.4 is 0 Å². The molecule has 4 rings (SSSR count). The normalized spacial score (nSPS) is 11.8. The second-order valence-electron chi connectivity index (χ2n) is 3.74. The van der Waals surface area contributed by atoms with Gasteiger partial charge in [0.05, 0.1) is 17.2 Å². The molecule has 3 aromatic heterocycles. The van der Waals surface area contributed by atoms with Crippen molar-refractivity contribution in [2.45, 2.75) is 0 Å². The molecule has 0 unspecified atom stereocenters. The van der Waals surface area contributed by atoms with Crippen LogP contribution in [-0.4, -0.2) is 14.6 Å². The summed E-state index contributed by atoms with van der Waals surface area (Å²) < 4.78 is 7.25. The van der Waals surface area contributed by atoms with Crippen molar-refractivity contribution in [3.8, 4) is 0 Å². The molecular weight excluding hydrogens is 202 g/mol. The zero-order chi connectivity index (χ0) is 10.5. The van der Waals surface area contributed by atoms with E-state index < -0.39 is 0 Å². The Kier molecular flexibility index (Phi) is 1.28. The third kappa shape index (κ3) is 0.798. The Morgan fingerprint density at radius 2 is 1.88 bits per heavy atom. The van der Waals surface area contributed by atoms with Crippen LogP contribution in [0.3, 0.4) is 0 Å². The number of aromatic nitrogens is 3. The lowest BCUT2D eigenvalue weighted by atomic mass is 10.1. The number of fused-ring (bicyclic) bond motifs is 6. The van der Waals surface area contributed by atoms with E-state index in [4.69, 9.17) is 4.42 Å². The lowest BCUT2D eigenvalue weighted by molar-refractivity contribution is 0.572. The number of hydrogen-bond donors (Lipinski definition) is 0. The maximum Gasteiger partial charge on any atom is 0.172 e. The number of nitrogens with zero attached hydrogens (tertiary/aromatic N) is 3. The molecule has 0 N–H and O–H groups in total. The van der Waals surface area contributed by atoms with Gasteiger partial charge < -0.3 is 4.42 Å². The number of benzene rings is 1. The van der Waals surface area contributed by atoms with Crippen LogP contribution >= 0.6 is 0 Å². The van der Waals surface area contributed by atoms with E-state index in [1.54, 1.807) is 18.9 Å². The molecule has 0 bridgehead atoms. The molecule has 0 spiro atoms. The lowest BCUT2D eigenvalue weighted by Gasteiger charge is -2.02. The average molecular weight is 209 g/mol. The van der Waals surface area contributed by atoms with E-state index in [-0.39, 0.29) is 0 Å². The monoisotopic (exact) mass is 209 g/mol. The van der Waals surface area contributed by atoms with E-state index in [0.717, 1.165) is 27.3 Å². The summed E-state index contributed by atoms with van der Waals surface area (Å²) >= 11 is 0. The molecule has 4 aromatic rings. The fourth-order valence-corrected chi connectivity index (χ4v) is 2.19. The van der Waals surface area contributed by atoms with Crippen LogP contribution in [0.25, 0.3) is 27.3 Å². The first kappa shape index (κ1) is 7.87. The van der Waals surface area contributed by atoms with Gasteiger partial charge in [-0.25, -0.2) is 0 Å². The van der Waals surface area contributed by atoms with E-state index in [9.17, 15) is 0 Å². The number of hydrogen-bond acceptors (Lipinski definition) is 3. The van der Waals surface area contributed by atoms with Gasteiger partial charge in [0.15, 0.2) is 5.65 Å². The minimum atomic E-state index is 0.836. The molecule has 0 aliphatic carbocycles. The Labute approximate surface area is 90.1 Å². The van der Waals surface area contributed by atoms with Crippen molar-refractivity contribution in [1.29, 1.82) is 0 Å². The smallest absolute Gasteiger partial charge is 0.172 e. The second kappa shape index (κ2) is 2.61. The van der Waals surface area contributed by atoms with Crippen LogP contribution in [0.15, 0.2) is 47.5 Å². The first-order chi connectivity index (χ1) is 7.95. The van der Waals surface area contributed by atoms with Gasteiger partial charge in [0, 0.05) is 10.8 Å². The summed E-state index contributed by atoms with van der Waals surface area (Å²) in [7, 11) is 0. The van der Waals surface area contributed by atoms with Gasteiger partial charge in [-0.1, -0.05) is 18.2 Å². The Hall–Kier alpha value is -2.36. The fourth-order valence-electron chi connectivity index (χ4n) is 2.19. The molecule has 0 atom stereocenters. The third-order valence-corrected chi connectivity index (χ3v) is 2.90. The van der Waals surface area contributed by atoms with Gasteiger partial charge in [-0.2, -0.15) is 0 Å². The third-order valence-electron chi connectivity index (χ3n) is 2.90. The first-order valence-electron chi connectivity index (χ1n) is 5.01. The van der Waals surface area contributed by atoms with Crippen molar-refractivity contribution in [2.24, 2.45) is 0 Å². The highest BCUT2D eigenvalue weighted by atomic mass is 16.3. The van der Waals surface area contributed by atoms with Crippen LogP contribution in [0.4, 0.5) is 0 Å². The maximum atomic E-state index is 5.27. The molecule has 1 aromatic carbocycles. The number of pyridine rings is 1. The Morgan fingerprint density at radius 3 is 2.88 bits per heavy atom. The van der Waals surface area contributed by atoms with E-state index in [0.29, 0.717) is 0 Å². The van der Waals surface area contributed by atoms with Crippen LogP contribution in [0.1, 0.15) is 0 Å². The van der Waals surface area contributed by atoms with Crippen molar-refractivity contribution >= 4 is 27.3 Å². The Bertz CT molecular complexity index is 744. The van der Waals surface area contributed by atoms with Crippen LogP contribution in [0, 0.1) is 0 Å². The maximum absolute atomic E-state index is 5.27. The van der Waals surface area contributed by atoms with Gasteiger partial charge in [-0.15, -0.1) is 10.2 Å². The minimum Gasteiger partial charge on any atom is -0.471 e. The number of para-hydroxylation sites is 1. The van der Waals surface area contributed by atoms with Crippen molar-refractivity contribution in [2.75, 3.05) is 0 Å². The number of rotatable bonds is 0. The van der Waals surface area contributed by atoms with Crippen molar-refractivity contribution in [1.82, 2.24) is 14.6 Å². The first-order valence-corrected chi connectivity index (χ1v) is 5.01. The second-order valence-corrected chi connectivity index (χ2v) is 3.74. The molecule has 4 heteroatoms. The quantitative estimate of drug-likeness (QED) is 0.447. The van der Waals surface area contributed by atoms with Crippen molar-refractivity contribution in [3.05, 3.63) is 43.1 Å². The molecule has 0 radical (unpaired) electrons. The van der Waals surface area contributed by atoms with Gasteiger partial charge in [0.25, 0.3) is 0 Å². The highest BCUT2D eigenvalue weighted by molar-refractivity contribution is 6.10. The lowest BCUT2D eigenvalue weighted by Crippen LogP contribution is -1.87. The molecule has 16 heavy (non-hydrogen) atoms. The molecule has 0 saturated heterocycles. The Balaban J connectivity index is 2.51. The molecular formula is C12H7N3O. The fraction of sp³-hybridized carbons (Fsp3) is 0. The zero-order valence-corrected chi connectivity index (χ0v) is 8.29. The predicted molar refractivity (Wildman–Crippen MR) is 60.3 cm³/mol. The Morgan fingerprint density at radius 1 is 1.00 bits per heavy atom. The van der Waals surface area contributed by atoms with Crippen LogP contribution in [0.2, 0.25) is 0 Å². The SMILES string of the molecule is c1ccc2c(c1)c1cocc1c1nncn21. The predicted octanol–water partition coefficient (Wildman–Crippen LogP) is 2.63. The molecule has 0 aliphatic heterocycles. The van der Waals surface area contributed by atoms with Crippen molar-refractivity contribution in [3.63, 3.8) is 0 Å². The summed E-state index contributed by atoms with van der Waals surface area (Å²) in [5.74, 6) is 0. The summed E-state index contributed by atoms with van der Waals surface area (Å²) in [4.78, 5) is 0. The highest BCUT2D eigenvalue weighted by Gasteiger charge is 2.10. The van der Waals surface area contributed by atoms with Crippen LogP contribution in [0.5, 0.6) is 0 Å². The van der Waals surface area contributed by atoms with E-state index >= 15 is 0 Å². The molecule has 3 heterocycles. The number of furan rings is 1. The molecule has 0 saturated carbocycles. The van der Waals surface area contributed by atoms with Gasteiger partial charge in [0.2, 0.25) is 0 Å². The minimum absolute atomic E-state index is 0.836. The van der Waals surface area contributed by atoms with E-state index in [1.807, 2.05) is 16.5 Å². The molecule has 0 amide bonds. The topological polar surface area (TPSA) is 43.3 Å². The average Bonchev–Trinajstić information content (AvgIpc) is 2.98. The van der Waals surface area contributed by atoms with Gasteiger partial charge >= 0.3 is 0 Å². The summed E-state index contributed by atoms with van der Waals surface area (Å²) in [6.45, 7) is 0. The summed E-state index contributed by atoms with van der Waals surface area (Å²) in [5, 5.41) is 11.3. The molecule has 0 fully saturated rings. The van der Waals surface area contributed by atoms with Gasteiger partial charge in [-0.3, -0.25) is 4.40 Å². The van der Waals surface area contributed by atoms with E-state index in [2.05, 4.69) is 22.3 Å². The molecule has 0 aliphatic rings. The van der Waals surface area contributed by atoms with Crippen LogP contribution in [-0.2, 0) is 0 Å². The van der Waals surface area contributed by atoms with Gasteiger partial charge in [0.1, 0.15) is 12.6 Å². The standard InChI is InChI=1S/C12H7N3O/c1-2-4-11-8(3-1)9-5-16-6-10(9)12-14-13-7-15(11)12/h1-7H. The largest absolute Gasteiger partial charge is 0.471 e. The van der Waals surface area contributed by atoms with Crippen molar-refractivity contribution < 1.29 is 4.42 Å². The van der Waals surface area contributed by atoms with Gasteiger partial charge in [-0.05, 0) is 6.07 Å².